The third-order valence-corrected chi connectivity index (χ3v) is 10.4. The molecule has 0 radical (unpaired) electrons. The van der Waals surface area contributed by atoms with Gasteiger partial charge in [0.1, 0.15) is 6.33 Å². The van der Waals surface area contributed by atoms with Gasteiger partial charge < -0.3 is 0 Å². The minimum Gasteiger partial charge on any atom is -0.258 e. The molecule has 0 bridgehead atoms. The molecule has 0 atom stereocenters. The van der Waals surface area contributed by atoms with Crippen LogP contribution in [-0.4, -0.2) is 19.8 Å². The largest absolute Gasteiger partial charge is 0.283 e. The molecule has 12 heteroatoms. The summed E-state index contributed by atoms with van der Waals surface area (Å²) in [5.74, 6) is 0. The molecular formula is C28H18N4O4S4. The Labute approximate surface area is 245 Å². The fourth-order valence-corrected chi connectivity index (χ4v) is 7.80. The zero-order valence-electron chi connectivity index (χ0n) is 20.4. The summed E-state index contributed by atoms with van der Waals surface area (Å²) in [7, 11) is 5.62. The lowest BCUT2D eigenvalue weighted by molar-refractivity contribution is -0.387. The highest BCUT2D eigenvalue weighted by molar-refractivity contribution is 8.77. The zero-order valence-corrected chi connectivity index (χ0v) is 23.7. The molecule has 0 saturated carbocycles. The first-order valence-corrected chi connectivity index (χ1v) is 16.0. The monoisotopic (exact) mass is 602 g/mol. The van der Waals surface area contributed by atoms with Gasteiger partial charge in [0.25, 0.3) is 11.4 Å². The number of para-hydroxylation sites is 2. The van der Waals surface area contributed by atoms with E-state index in [2.05, 4.69) is 9.97 Å². The Morgan fingerprint density at radius 1 is 0.525 bits per heavy atom. The molecule has 198 valence electrons. The molecule has 5 rings (SSSR count). The van der Waals surface area contributed by atoms with Crippen LogP contribution in [0.3, 0.4) is 0 Å². The van der Waals surface area contributed by atoms with Crippen molar-refractivity contribution in [1.29, 1.82) is 0 Å². The standard InChI is InChI=1S/C28H18N4O4S4/c33-31(34)25-5-1-3-7-27(25)39-37-21-13-9-19(10-14-21)23-17-24(30-18-29-23)20-11-15-22(16-12-20)38-40-28-8-4-2-6-26(28)32(35)36/h1-18H. The highest BCUT2D eigenvalue weighted by atomic mass is 33.1. The van der Waals surface area contributed by atoms with E-state index in [0.29, 0.717) is 9.79 Å². The van der Waals surface area contributed by atoms with E-state index in [4.69, 9.17) is 0 Å². The van der Waals surface area contributed by atoms with Gasteiger partial charge in [0, 0.05) is 33.1 Å². The number of rotatable bonds is 10. The SMILES string of the molecule is O=[N+]([O-])c1ccccc1SSc1ccc(-c2cc(-c3ccc(SSc4ccccc4[N+](=O)[O-])cc3)ncn2)cc1. The van der Waals surface area contributed by atoms with E-state index in [1.54, 1.807) is 36.4 Å². The molecule has 40 heavy (non-hydrogen) atoms. The van der Waals surface area contributed by atoms with E-state index in [-0.39, 0.29) is 21.2 Å². The van der Waals surface area contributed by atoms with Gasteiger partial charge in [-0.1, -0.05) is 70.1 Å². The molecule has 1 aromatic heterocycles. The first kappa shape index (κ1) is 27.7. The van der Waals surface area contributed by atoms with Crippen molar-refractivity contribution in [2.45, 2.75) is 19.6 Å². The number of hydrogen-bond acceptors (Lipinski definition) is 10. The molecule has 0 fully saturated rings. The second kappa shape index (κ2) is 13.0. The second-order valence-electron chi connectivity index (χ2n) is 8.12. The Morgan fingerprint density at radius 2 is 0.925 bits per heavy atom. The third-order valence-electron chi connectivity index (χ3n) is 5.55. The Bertz CT molecular complexity index is 1550. The molecular weight excluding hydrogens is 585 g/mol. The van der Waals surface area contributed by atoms with Gasteiger partial charge in [-0.05, 0) is 64.1 Å². The van der Waals surface area contributed by atoms with Crippen LogP contribution in [0.5, 0.6) is 0 Å². The van der Waals surface area contributed by atoms with E-state index in [1.165, 1.54) is 61.6 Å². The smallest absolute Gasteiger partial charge is 0.258 e. The van der Waals surface area contributed by atoms with Crippen LogP contribution in [0.2, 0.25) is 0 Å². The van der Waals surface area contributed by atoms with Gasteiger partial charge in [-0.25, -0.2) is 9.97 Å². The number of benzene rings is 4. The van der Waals surface area contributed by atoms with Gasteiger partial charge in [-0.3, -0.25) is 20.2 Å². The maximum atomic E-state index is 11.2. The quantitative estimate of drug-likeness (QED) is 0.0870. The minimum atomic E-state index is -0.372. The Balaban J connectivity index is 1.24. The Morgan fingerprint density at radius 3 is 1.32 bits per heavy atom. The van der Waals surface area contributed by atoms with E-state index < -0.39 is 0 Å². The molecule has 1 heterocycles. The molecule has 0 spiro atoms. The summed E-state index contributed by atoms with van der Waals surface area (Å²) in [5, 5.41) is 22.5. The summed E-state index contributed by atoms with van der Waals surface area (Å²) in [6, 6.07) is 31.0. The van der Waals surface area contributed by atoms with Crippen LogP contribution in [0.4, 0.5) is 11.4 Å². The van der Waals surface area contributed by atoms with E-state index in [0.717, 1.165) is 32.3 Å². The lowest BCUT2D eigenvalue weighted by Gasteiger charge is -2.07. The maximum Gasteiger partial charge on any atom is 0.283 e. The molecule has 0 aliphatic rings. The van der Waals surface area contributed by atoms with Crippen LogP contribution in [0.15, 0.2) is 129 Å². The molecule has 0 aliphatic carbocycles. The molecule has 0 aliphatic heterocycles. The summed E-state index contributed by atoms with van der Waals surface area (Å²) >= 11 is 0. The molecule has 8 nitrogen and oxygen atoms in total. The van der Waals surface area contributed by atoms with Crippen LogP contribution in [0.1, 0.15) is 0 Å². The van der Waals surface area contributed by atoms with Crippen molar-refractivity contribution >= 4 is 54.6 Å². The maximum absolute atomic E-state index is 11.2. The van der Waals surface area contributed by atoms with Gasteiger partial charge in [-0.2, -0.15) is 0 Å². The van der Waals surface area contributed by atoms with Crippen molar-refractivity contribution in [3.05, 3.63) is 130 Å². The van der Waals surface area contributed by atoms with E-state index >= 15 is 0 Å². The fourth-order valence-electron chi connectivity index (χ4n) is 3.58. The minimum absolute atomic E-state index is 0.0932. The summed E-state index contributed by atoms with van der Waals surface area (Å²) in [6.45, 7) is 0. The van der Waals surface area contributed by atoms with Crippen LogP contribution in [-0.2, 0) is 0 Å². The van der Waals surface area contributed by atoms with Crippen LogP contribution in [0, 0.1) is 20.2 Å². The van der Waals surface area contributed by atoms with E-state index in [9.17, 15) is 20.2 Å². The lowest BCUT2D eigenvalue weighted by atomic mass is 10.1. The average Bonchev–Trinajstić information content (AvgIpc) is 3.00. The topological polar surface area (TPSA) is 112 Å². The number of nitrogens with zero attached hydrogens (tertiary/aromatic N) is 4. The van der Waals surface area contributed by atoms with Crippen molar-refractivity contribution < 1.29 is 9.85 Å². The summed E-state index contributed by atoms with van der Waals surface area (Å²) in [4.78, 5) is 33.7. The highest BCUT2D eigenvalue weighted by Gasteiger charge is 2.15. The first-order valence-electron chi connectivity index (χ1n) is 11.7. The Hall–Kier alpha value is -3.84. The Kier molecular flexibility index (Phi) is 9.01. The highest BCUT2D eigenvalue weighted by Crippen LogP contribution is 2.43. The summed E-state index contributed by atoms with van der Waals surface area (Å²) in [6.07, 6.45) is 1.53. The van der Waals surface area contributed by atoms with Gasteiger partial charge in [0.05, 0.1) is 31.0 Å². The lowest BCUT2D eigenvalue weighted by Crippen LogP contribution is -1.90. The summed E-state index contributed by atoms with van der Waals surface area (Å²) in [5.41, 5.74) is 3.59. The van der Waals surface area contributed by atoms with Crippen molar-refractivity contribution in [2.75, 3.05) is 0 Å². The molecule has 0 unspecified atom stereocenters. The predicted molar refractivity (Wildman–Crippen MR) is 163 cm³/mol. The van der Waals surface area contributed by atoms with Gasteiger partial charge in [0.15, 0.2) is 0 Å². The first-order chi connectivity index (χ1) is 19.5. The molecule has 0 N–H and O–H groups in total. The van der Waals surface area contributed by atoms with Crippen molar-refractivity contribution in [2.24, 2.45) is 0 Å². The third kappa shape index (κ3) is 6.83. The van der Waals surface area contributed by atoms with Gasteiger partial charge in [0.2, 0.25) is 0 Å². The van der Waals surface area contributed by atoms with Crippen LogP contribution in [0.25, 0.3) is 22.5 Å². The fraction of sp³-hybridized carbons (Fsp3) is 0. The molecule has 0 amide bonds. The van der Waals surface area contributed by atoms with Crippen LogP contribution >= 0.6 is 43.2 Å². The average molecular weight is 603 g/mol. The number of nitro benzene ring substituents is 2. The van der Waals surface area contributed by atoms with Crippen molar-refractivity contribution in [1.82, 2.24) is 9.97 Å². The van der Waals surface area contributed by atoms with Crippen molar-refractivity contribution in [3.8, 4) is 22.5 Å². The zero-order chi connectivity index (χ0) is 27.9. The van der Waals surface area contributed by atoms with Crippen LogP contribution < -0.4 is 0 Å². The number of nitro groups is 2. The molecule has 5 aromatic rings. The van der Waals surface area contributed by atoms with E-state index in [1.807, 2.05) is 54.6 Å². The summed E-state index contributed by atoms with van der Waals surface area (Å²) < 4.78 is 0. The van der Waals surface area contributed by atoms with Crippen molar-refractivity contribution in [3.63, 3.8) is 0 Å². The molecule has 4 aromatic carbocycles. The van der Waals surface area contributed by atoms with Gasteiger partial charge in [-0.15, -0.1) is 0 Å². The number of aromatic nitrogens is 2. The van der Waals surface area contributed by atoms with Gasteiger partial charge >= 0.3 is 0 Å². The molecule has 0 saturated heterocycles. The normalized spacial score (nSPS) is 10.8. The number of hydrogen-bond donors (Lipinski definition) is 0. The second-order valence-corrected chi connectivity index (χ2v) is 12.6. The predicted octanol–water partition coefficient (Wildman–Crippen LogP) is 9.23.